The van der Waals surface area contributed by atoms with Crippen molar-refractivity contribution in [2.45, 2.75) is 6.54 Å². The second kappa shape index (κ2) is 7.28. The van der Waals surface area contributed by atoms with Crippen LogP contribution in [0.5, 0.6) is 0 Å². The first-order chi connectivity index (χ1) is 11.6. The summed E-state index contributed by atoms with van der Waals surface area (Å²) < 4.78 is 7.07. The first-order valence-electron chi connectivity index (χ1n) is 7.49. The fourth-order valence-electron chi connectivity index (χ4n) is 2.76. The highest BCUT2D eigenvalue weighted by Crippen LogP contribution is 2.11. The largest absolute Gasteiger partial charge is 1.00 e. The van der Waals surface area contributed by atoms with Gasteiger partial charge in [-0.3, -0.25) is 9.20 Å². The van der Waals surface area contributed by atoms with Crippen LogP contribution < -0.4 is 33.7 Å². The van der Waals surface area contributed by atoms with Crippen molar-refractivity contribution < 1.29 is 33.2 Å². The van der Waals surface area contributed by atoms with Crippen LogP contribution in [0, 0.1) is 3.70 Å². The summed E-state index contributed by atoms with van der Waals surface area (Å²) in [4.78, 5) is 16.7. The number of amides is 1. The first-order valence-corrected chi connectivity index (χ1v) is 8.57. The fraction of sp³-hybridized carbons (Fsp3) is 0.118. The van der Waals surface area contributed by atoms with Gasteiger partial charge < -0.3 is 29.3 Å². The predicted octanol–water partition coefficient (Wildman–Crippen LogP) is -1.05. The molecule has 0 atom stereocenters. The van der Waals surface area contributed by atoms with E-state index in [-0.39, 0.29) is 29.9 Å². The number of halogens is 2. The van der Waals surface area contributed by atoms with Gasteiger partial charge in [0.2, 0.25) is 0 Å². The van der Waals surface area contributed by atoms with Crippen LogP contribution in [0.25, 0.3) is 11.3 Å². The van der Waals surface area contributed by atoms with Crippen LogP contribution in [0.2, 0.25) is 0 Å². The standard InChI is InChI=1S/C17H14IN5O.HI/c1-21-13(11-22-6-3-2-4-16(21)22)9-20-17(24)12-5-7-23-14(18)10-19-15(23)8-12;/h2-8,10-11H,9H2,1H3;1H. The molecule has 1 amide bonds. The number of nitrogens with one attached hydrogen (secondary N) is 1. The molecule has 4 aromatic heterocycles. The lowest BCUT2D eigenvalue weighted by Crippen LogP contribution is -3.00. The lowest BCUT2D eigenvalue weighted by Gasteiger charge is -2.04. The van der Waals surface area contributed by atoms with Gasteiger partial charge in [0.05, 0.1) is 26.0 Å². The quantitative estimate of drug-likeness (QED) is 0.258. The maximum Gasteiger partial charge on any atom is 0.286 e. The van der Waals surface area contributed by atoms with Gasteiger partial charge >= 0.3 is 0 Å². The summed E-state index contributed by atoms with van der Waals surface area (Å²) in [5.41, 5.74) is 3.49. The Morgan fingerprint density at radius 3 is 3.00 bits per heavy atom. The number of aromatic nitrogens is 4. The molecule has 0 saturated heterocycles. The number of fused-ring (bicyclic) bond motifs is 2. The Hall–Kier alpha value is -1.69. The predicted molar refractivity (Wildman–Crippen MR) is 97.7 cm³/mol. The van der Waals surface area contributed by atoms with E-state index in [4.69, 9.17) is 0 Å². The molecule has 4 aromatic rings. The van der Waals surface area contributed by atoms with E-state index in [0.29, 0.717) is 12.1 Å². The van der Waals surface area contributed by atoms with Gasteiger partial charge in [0, 0.05) is 17.8 Å². The van der Waals surface area contributed by atoms with Gasteiger partial charge in [-0.15, -0.1) is 0 Å². The van der Waals surface area contributed by atoms with Crippen LogP contribution in [0.1, 0.15) is 16.1 Å². The van der Waals surface area contributed by atoms with E-state index in [9.17, 15) is 4.79 Å². The van der Waals surface area contributed by atoms with Gasteiger partial charge in [-0.2, -0.15) is 0 Å². The molecule has 25 heavy (non-hydrogen) atoms. The fourth-order valence-corrected chi connectivity index (χ4v) is 3.31. The normalized spacial score (nSPS) is 10.8. The molecule has 0 spiro atoms. The Morgan fingerprint density at radius 1 is 1.36 bits per heavy atom. The van der Waals surface area contributed by atoms with Gasteiger partial charge in [0.1, 0.15) is 15.5 Å². The van der Waals surface area contributed by atoms with E-state index >= 15 is 0 Å². The van der Waals surface area contributed by atoms with E-state index in [0.717, 1.165) is 20.7 Å². The highest BCUT2D eigenvalue weighted by atomic mass is 127. The number of rotatable bonds is 3. The molecule has 0 radical (unpaired) electrons. The van der Waals surface area contributed by atoms with E-state index in [1.54, 1.807) is 12.3 Å². The highest BCUT2D eigenvalue weighted by molar-refractivity contribution is 14.1. The van der Waals surface area contributed by atoms with Crippen LogP contribution in [0.4, 0.5) is 0 Å². The number of aryl methyl sites for hydroxylation is 1. The Bertz CT molecular complexity index is 1070. The van der Waals surface area contributed by atoms with Gasteiger partial charge in [-0.1, -0.05) is 6.07 Å². The zero-order valence-corrected chi connectivity index (χ0v) is 17.7. The van der Waals surface area contributed by atoms with Crippen molar-refractivity contribution >= 4 is 39.8 Å². The van der Waals surface area contributed by atoms with Gasteiger partial charge in [0.15, 0.2) is 5.69 Å². The zero-order chi connectivity index (χ0) is 16.7. The molecule has 0 bridgehead atoms. The second-order valence-corrected chi connectivity index (χ2v) is 6.66. The minimum atomic E-state index is -0.106. The molecule has 4 rings (SSSR count). The van der Waals surface area contributed by atoms with Crippen LogP contribution >= 0.6 is 22.6 Å². The number of pyridine rings is 2. The molecule has 0 aliphatic carbocycles. The summed E-state index contributed by atoms with van der Waals surface area (Å²) in [5.74, 6) is -0.106. The van der Waals surface area contributed by atoms with Crippen molar-refractivity contribution in [3.8, 4) is 0 Å². The molecule has 128 valence electrons. The number of carbonyl (C=O) groups is 1. The van der Waals surface area contributed by atoms with E-state index in [1.165, 1.54) is 0 Å². The lowest BCUT2D eigenvalue weighted by atomic mass is 10.2. The van der Waals surface area contributed by atoms with E-state index in [2.05, 4.69) is 37.5 Å². The minimum absolute atomic E-state index is 0. The number of hydrogen-bond donors (Lipinski definition) is 1. The summed E-state index contributed by atoms with van der Waals surface area (Å²) in [5, 5.41) is 2.98. The van der Waals surface area contributed by atoms with E-state index < -0.39 is 0 Å². The molecular weight excluding hydrogens is 544 g/mol. The number of hydrogen-bond acceptors (Lipinski definition) is 2. The number of carbonyl (C=O) groups excluding carboxylic acids is 1. The summed E-state index contributed by atoms with van der Waals surface area (Å²) >= 11 is 2.21. The van der Waals surface area contributed by atoms with Gasteiger partial charge in [-0.25, -0.2) is 14.0 Å². The van der Waals surface area contributed by atoms with Crippen molar-refractivity contribution in [3.63, 3.8) is 0 Å². The topological polar surface area (TPSA) is 55.4 Å². The van der Waals surface area contributed by atoms with Crippen LogP contribution in [-0.2, 0) is 13.6 Å². The Labute approximate surface area is 175 Å². The molecular formula is C17H15I2N5O. The third-order valence-corrected chi connectivity index (χ3v) is 4.89. The summed E-state index contributed by atoms with van der Waals surface area (Å²) in [6.07, 6.45) is 7.67. The molecule has 1 N–H and O–H groups in total. The maximum absolute atomic E-state index is 12.4. The molecule has 8 heteroatoms. The average Bonchev–Trinajstić information content (AvgIpc) is 3.13. The highest BCUT2D eigenvalue weighted by Gasteiger charge is 2.15. The van der Waals surface area contributed by atoms with Crippen LogP contribution in [0.3, 0.4) is 0 Å². The SMILES string of the molecule is Cn1c(CNC(=O)c2ccn3c(I)cnc3c2)c[n+]2ccccc12.[I-]. The molecule has 0 fully saturated rings. The zero-order valence-electron chi connectivity index (χ0n) is 13.4. The lowest BCUT2D eigenvalue weighted by molar-refractivity contribution is -0.510. The van der Waals surface area contributed by atoms with Crippen LogP contribution in [-0.4, -0.2) is 19.9 Å². The minimum Gasteiger partial charge on any atom is -1.00 e. The van der Waals surface area contributed by atoms with Crippen molar-refractivity contribution in [2.24, 2.45) is 7.05 Å². The monoisotopic (exact) mass is 559 g/mol. The van der Waals surface area contributed by atoms with Crippen molar-refractivity contribution in [1.29, 1.82) is 0 Å². The third kappa shape index (κ3) is 3.36. The molecule has 4 heterocycles. The Balaban J connectivity index is 0.00000182. The maximum atomic E-state index is 12.4. The van der Waals surface area contributed by atoms with Crippen molar-refractivity contribution in [3.05, 3.63) is 70.1 Å². The Kier molecular flexibility index (Phi) is 5.27. The smallest absolute Gasteiger partial charge is 0.286 e. The molecule has 0 unspecified atom stereocenters. The van der Waals surface area contributed by atoms with Gasteiger partial charge in [-0.05, 0) is 40.8 Å². The number of nitrogens with zero attached hydrogens (tertiary/aromatic N) is 4. The summed E-state index contributed by atoms with van der Waals surface area (Å²) in [6.45, 7) is 0.466. The molecule has 0 aliphatic rings. The van der Waals surface area contributed by atoms with E-state index in [1.807, 2.05) is 58.7 Å². The molecule has 0 saturated carbocycles. The number of imidazole rings is 2. The third-order valence-electron chi connectivity index (χ3n) is 4.09. The van der Waals surface area contributed by atoms with Crippen molar-refractivity contribution in [1.82, 2.24) is 19.3 Å². The molecule has 0 aliphatic heterocycles. The summed E-state index contributed by atoms with van der Waals surface area (Å²) in [7, 11) is 2.00. The van der Waals surface area contributed by atoms with Crippen molar-refractivity contribution in [2.75, 3.05) is 0 Å². The molecule has 0 aromatic carbocycles. The average molecular weight is 559 g/mol. The molecule has 6 nitrogen and oxygen atoms in total. The van der Waals surface area contributed by atoms with Crippen LogP contribution in [0.15, 0.2) is 55.1 Å². The Morgan fingerprint density at radius 2 is 2.20 bits per heavy atom. The second-order valence-electron chi connectivity index (χ2n) is 5.55. The summed E-state index contributed by atoms with van der Waals surface area (Å²) in [6, 6.07) is 9.63. The van der Waals surface area contributed by atoms with Gasteiger partial charge in [0.25, 0.3) is 11.6 Å². The first kappa shape index (κ1) is 18.1.